The van der Waals surface area contributed by atoms with E-state index in [1.807, 2.05) is 19.2 Å². The van der Waals surface area contributed by atoms with Crippen molar-refractivity contribution in [3.05, 3.63) is 36.2 Å². The average Bonchev–Trinajstić information content (AvgIpc) is 3.15. The molecule has 0 aliphatic heterocycles. The minimum atomic E-state index is 0.482. The predicted molar refractivity (Wildman–Crippen MR) is 101 cm³/mol. The van der Waals surface area contributed by atoms with E-state index in [-0.39, 0.29) is 0 Å². The molecule has 0 saturated heterocycles. The number of guanidine groups is 1. The van der Waals surface area contributed by atoms with Crippen LogP contribution in [-0.4, -0.2) is 34.2 Å². The number of hydrogen-bond donors (Lipinski definition) is 3. The Balaban J connectivity index is 1.54. The first-order chi connectivity index (χ1) is 12.1. The van der Waals surface area contributed by atoms with Crippen LogP contribution in [0.3, 0.4) is 0 Å². The lowest BCUT2D eigenvalue weighted by atomic mass is 9.75. The Labute approximate surface area is 149 Å². The Morgan fingerprint density at radius 2 is 2.12 bits per heavy atom. The molecular weight excluding hydrogens is 312 g/mol. The summed E-state index contributed by atoms with van der Waals surface area (Å²) in [5.41, 5.74) is 2.70. The third kappa shape index (κ3) is 4.81. The van der Waals surface area contributed by atoms with Crippen LogP contribution in [0.5, 0.6) is 0 Å². The summed E-state index contributed by atoms with van der Waals surface area (Å²) in [5.74, 6) is 1.66. The smallest absolute Gasteiger partial charge is 0.191 e. The molecule has 2 aromatic rings. The van der Waals surface area contributed by atoms with Gasteiger partial charge in [-0.2, -0.15) is 5.10 Å². The van der Waals surface area contributed by atoms with Gasteiger partial charge in [-0.15, -0.1) is 0 Å². The summed E-state index contributed by atoms with van der Waals surface area (Å²) in [5, 5.41) is 13.8. The van der Waals surface area contributed by atoms with Gasteiger partial charge in [0.25, 0.3) is 0 Å². The maximum absolute atomic E-state index is 4.37. The van der Waals surface area contributed by atoms with Crippen LogP contribution >= 0.6 is 0 Å². The quantitative estimate of drug-likeness (QED) is 0.590. The summed E-state index contributed by atoms with van der Waals surface area (Å²) in [6.45, 7) is 5.44. The molecule has 0 atom stereocenters. The van der Waals surface area contributed by atoms with E-state index < -0.39 is 0 Å². The molecule has 1 aromatic carbocycles. The van der Waals surface area contributed by atoms with E-state index in [9.17, 15) is 0 Å². The monoisotopic (exact) mass is 340 g/mol. The minimum Gasteiger partial charge on any atom is -0.354 e. The Bertz CT molecular complexity index is 694. The summed E-state index contributed by atoms with van der Waals surface area (Å²) in [4.78, 5) is 8.58. The maximum Gasteiger partial charge on any atom is 0.191 e. The fourth-order valence-electron chi connectivity index (χ4n) is 3.29. The third-order valence-electron chi connectivity index (χ3n) is 4.98. The molecule has 1 aliphatic carbocycles. The van der Waals surface area contributed by atoms with Crippen molar-refractivity contribution in [2.75, 3.05) is 7.05 Å². The van der Waals surface area contributed by atoms with Crippen LogP contribution in [0.15, 0.2) is 35.6 Å². The molecule has 1 aromatic heterocycles. The number of aromatic amines is 1. The molecule has 1 aliphatic rings. The van der Waals surface area contributed by atoms with Gasteiger partial charge in [-0.1, -0.05) is 32.0 Å². The average molecular weight is 340 g/mol. The van der Waals surface area contributed by atoms with Crippen molar-refractivity contribution in [2.45, 2.75) is 52.1 Å². The van der Waals surface area contributed by atoms with E-state index in [0.717, 1.165) is 23.9 Å². The molecule has 3 rings (SSSR count). The van der Waals surface area contributed by atoms with Gasteiger partial charge in [0.2, 0.25) is 0 Å². The molecule has 1 saturated carbocycles. The second-order valence-electron chi connectivity index (χ2n) is 7.54. The molecule has 3 N–H and O–H groups in total. The topological polar surface area (TPSA) is 78.0 Å². The molecule has 0 spiro atoms. The molecule has 0 amide bonds. The molecule has 1 fully saturated rings. The van der Waals surface area contributed by atoms with Crippen LogP contribution in [0.2, 0.25) is 0 Å². The van der Waals surface area contributed by atoms with Crippen molar-refractivity contribution in [3.63, 3.8) is 0 Å². The predicted octanol–water partition coefficient (Wildman–Crippen LogP) is 3.11. The summed E-state index contributed by atoms with van der Waals surface area (Å²) in [6, 6.07) is 8.79. The fraction of sp³-hybridized carbons (Fsp3) is 0.526. The van der Waals surface area contributed by atoms with Gasteiger partial charge in [0, 0.05) is 25.2 Å². The largest absolute Gasteiger partial charge is 0.354 e. The summed E-state index contributed by atoms with van der Waals surface area (Å²) in [6.07, 6.45) is 6.46. The summed E-state index contributed by atoms with van der Waals surface area (Å²) >= 11 is 0. The van der Waals surface area contributed by atoms with E-state index in [1.54, 1.807) is 0 Å². The molecule has 0 unspecified atom stereocenters. The van der Waals surface area contributed by atoms with E-state index >= 15 is 0 Å². The highest BCUT2D eigenvalue weighted by Crippen LogP contribution is 2.34. The SMILES string of the molecule is CN=C(NCc1cccc(-c2ncn[nH]2)c1)NC1CCC(C)(C)CC1. The van der Waals surface area contributed by atoms with Crippen molar-refractivity contribution < 1.29 is 0 Å². The van der Waals surface area contributed by atoms with Gasteiger partial charge in [-0.05, 0) is 42.7 Å². The summed E-state index contributed by atoms with van der Waals surface area (Å²) < 4.78 is 0. The van der Waals surface area contributed by atoms with Gasteiger partial charge in [0.15, 0.2) is 11.8 Å². The lowest BCUT2D eigenvalue weighted by molar-refractivity contribution is 0.216. The van der Waals surface area contributed by atoms with Crippen LogP contribution < -0.4 is 10.6 Å². The lowest BCUT2D eigenvalue weighted by Gasteiger charge is -2.35. The number of hydrogen-bond acceptors (Lipinski definition) is 3. The molecule has 6 nitrogen and oxygen atoms in total. The van der Waals surface area contributed by atoms with Gasteiger partial charge >= 0.3 is 0 Å². The first-order valence-corrected chi connectivity index (χ1v) is 8.98. The van der Waals surface area contributed by atoms with Gasteiger partial charge < -0.3 is 10.6 Å². The van der Waals surface area contributed by atoms with Gasteiger partial charge in [0.05, 0.1) is 0 Å². The van der Waals surface area contributed by atoms with Gasteiger partial charge in [0.1, 0.15) is 6.33 Å². The van der Waals surface area contributed by atoms with Crippen molar-refractivity contribution in [1.29, 1.82) is 0 Å². The lowest BCUT2D eigenvalue weighted by Crippen LogP contribution is -2.45. The van der Waals surface area contributed by atoms with Crippen molar-refractivity contribution in [1.82, 2.24) is 25.8 Å². The second-order valence-corrected chi connectivity index (χ2v) is 7.54. The highest BCUT2D eigenvalue weighted by atomic mass is 15.2. The van der Waals surface area contributed by atoms with Crippen LogP contribution in [-0.2, 0) is 6.54 Å². The molecule has 25 heavy (non-hydrogen) atoms. The van der Waals surface area contributed by atoms with Crippen LogP contribution in [0.4, 0.5) is 0 Å². The van der Waals surface area contributed by atoms with Crippen LogP contribution in [0, 0.1) is 5.41 Å². The molecular formula is C19H28N6. The number of aromatic nitrogens is 3. The standard InChI is InChI=1S/C19H28N6/c1-19(2)9-7-16(8-10-19)24-18(20-3)21-12-14-5-4-6-15(11-14)17-22-13-23-25-17/h4-6,11,13,16H,7-10,12H2,1-3H3,(H2,20,21,24)(H,22,23,25). The van der Waals surface area contributed by atoms with E-state index in [0.29, 0.717) is 11.5 Å². The number of aliphatic imine (C=N–C) groups is 1. The first-order valence-electron chi connectivity index (χ1n) is 8.98. The van der Waals surface area contributed by atoms with E-state index in [4.69, 9.17) is 0 Å². The number of rotatable bonds is 4. The van der Waals surface area contributed by atoms with E-state index in [2.05, 4.69) is 56.8 Å². The Morgan fingerprint density at radius 1 is 1.32 bits per heavy atom. The van der Waals surface area contributed by atoms with Crippen molar-refractivity contribution in [2.24, 2.45) is 10.4 Å². The maximum atomic E-state index is 4.37. The zero-order valence-electron chi connectivity index (χ0n) is 15.3. The third-order valence-corrected chi connectivity index (χ3v) is 4.98. The first kappa shape index (κ1) is 17.5. The Hall–Kier alpha value is -2.37. The highest BCUT2D eigenvalue weighted by Gasteiger charge is 2.27. The zero-order chi connectivity index (χ0) is 17.7. The van der Waals surface area contributed by atoms with Crippen molar-refractivity contribution in [3.8, 4) is 11.4 Å². The Morgan fingerprint density at radius 3 is 2.80 bits per heavy atom. The normalized spacial score (nSPS) is 18.1. The molecule has 6 heteroatoms. The van der Waals surface area contributed by atoms with E-state index in [1.165, 1.54) is 37.6 Å². The molecule has 134 valence electrons. The van der Waals surface area contributed by atoms with Crippen molar-refractivity contribution >= 4 is 5.96 Å². The van der Waals surface area contributed by atoms with Crippen LogP contribution in [0.1, 0.15) is 45.1 Å². The van der Waals surface area contributed by atoms with Crippen LogP contribution in [0.25, 0.3) is 11.4 Å². The number of nitrogens with one attached hydrogen (secondary N) is 3. The number of H-pyrrole nitrogens is 1. The Kier molecular flexibility index (Phi) is 5.36. The van der Waals surface area contributed by atoms with Gasteiger partial charge in [-0.3, -0.25) is 10.1 Å². The van der Waals surface area contributed by atoms with Gasteiger partial charge in [-0.25, -0.2) is 4.98 Å². The zero-order valence-corrected chi connectivity index (χ0v) is 15.3. The molecule has 0 bridgehead atoms. The molecule has 0 radical (unpaired) electrons. The number of benzene rings is 1. The minimum absolute atomic E-state index is 0.482. The number of nitrogens with zero attached hydrogens (tertiary/aromatic N) is 3. The summed E-state index contributed by atoms with van der Waals surface area (Å²) in [7, 11) is 1.83. The highest BCUT2D eigenvalue weighted by molar-refractivity contribution is 5.80. The fourth-order valence-corrected chi connectivity index (χ4v) is 3.29. The second kappa shape index (κ2) is 7.68. The molecule has 1 heterocycles.